The third-order valence-electron chi connectivity index (χ3n) is 2.95. The summed E-state index contributed by atoms with van der Waals surface area (Å²) in [6.07, 6.45) is 3.98. The molecule has 1 aliphatic rings. The predicted molar refractivity (Wildman–Crippen MR) is 60.5 cm³/mol. The summed E-state index contributed by atoms with van der Waals surface area (Å²) in [5, 5.41) is 3.54. The SMILES string of the molecule is CCC(NCCOCC1CC1)C(C)C. The molecule has 0 aliphatic heterocycles. The van der Waals surface area contributed by atoms with Crippen LogP contribution >= 0.6 is 0 Å². The average Bonchev–Trinajstić information content (AvgIpc) is 2.94. The molecule has 0 spiro atoms. The predicted octanol–water partition coefficient (Wildman–Crippen LogP) is 2.44. The first-order valence-corrected chi connectivity index (χ1v) is 6.05. The van der Waals surface area contributed by atoms with Crippen LogP contribution in [0.5, 0.6) is 0 Å². The fourth-order valence-electron chi connectivity index (χ4n) is 1.70. The molecule has 1 fully saturated rings. The van der Waals surface area contributed by atoms with E-state index in [0.29, 0.717) is 6.04 Å². The quantitative estimate of drug-likeness (QED) is 0.606. The Bertz CT molecular complexity index is 143. The van der Waals surface area contributed by atoms with Gasteiger partial charge in [0, 0.05) is 19.2 Å². The van der Waals surface area contributed by atoms with Crippen molar-refractivity contribution in [3.05, 3.63) is 0 Å². The van der Waals surface area contributed by atoms with Gasteiger partial charge in [0.15, 0.2) is 0 Å². The molecule has 0 heterocycles. The lowest BCUT2D eigenvalue weighted by molar-refractivity contribution is 0.122. The molecule has 0 aromatic heterocycles. The van der Waals surface area contributed by atoms with Gasteiger partial charge in [-0.3, -0.25) is 0 Å². The minimum Gasteiger partial charge on any atom is -0.380 e. The van der Waals surface area contributed by atoms with Gasteiger partial charge in [0.2, 0.25) is 0 Å². The summed E-state index contributed by atoms with van der Waals surface area (Å²) in [5.41, 5.74) is 0. The number of hydrogen-bond donors (Lipinski definition) is 1. The van der Waals surface area contributed by atoms with Crippen LogP contribution in [0, 0.1) is 11.8 Å². The van der Waals surface area contributed by atoms with Crippen molar-refractivity contribution in [1.82, 2.24) is 5.32 Å². The van der Waals surface area contributed by atoms with Crippen molar-refractivity contribution < 1.29 is 4.74 Å². The summed E-state index contributed by atoms with van der Waals surface area (Å²) in [6.45, 7) is 9.64. The molecule has 14 heavy (non-hydrogen) atoms. The highest BCUT2D eigenvalue weighted by molar-refractivity contribution is 4.72. The molecule has 1 atom stereocenters. The number of nitrogens with one attached hydrogen (secondary N) is 1. The fourth-order valence-corrected chi connectivity index (χ4v) is 1.70. The van der Waals surface area contributed by atoms with E-state index in [9.17, 15) is 0 Å². The van der Waals surface area contributed by atoms with Crippen LogP contribution in [0.3, 0.4) is 0 Å². The van der Waals surface area contributed by atoms with Crippen LogP contribution in [-0.4, -0.2) is 25.8 Å². The van der Waals surface area contributed by atoms with Crippen molar-refractivity contribution in [2.45, 2.75) is 46.1 Å². The van der Waals surface area contributed by atoms with Crippen molar-refractivity contribution in [3.63, 3.8) is 0 Å². The normalized spacial score (nSPS) is 18.9. The van der Waals surface area contributed by atoms with E-state index >= 15 is 0 Å². The van der Waals surface area contributed by atoms with E-state index in [4.69, 9.17) is 4.74 Å². The molecular formula is C12H25NO. The molecular weight excluding hydrogens is 174 g/mol. The molecule has 1 rings (SSSR count). The smallest absolute Gasteiger partial charge is 0.0591 e. The number of hydrogen-bond acceptors (Lipinski definition) is 2. The number of ether oxygens (including phenoxy) is 1. The molecule has 2 heteroatoms. The topological polar surface area (TPSA) is 21.3 Å². The Hall–Kier alpha value is -0.0800. The first kappa shape index (κ1) is 12.0. The van der Waals surface area contributed by atoms with Crippen molar-refractivity contribution in [3.8, 4) is 0 Å². The number of rotatable bonds is 8. The van der Waals surface area contributed by atoms with Gasteiger partial charge in [0.05, 0.1) is 6.61 Å². The molecule has 1 saturated carbocycles. The fraction of sp³-hybridized carbons (Fsp3) is 1.00. The minimum absolute atomic E-state index is 0.652. The Labute approximate surface area is 88.4 Å². The third-order valence-corrected chi connectivity index (χ3v) is 2.95. The first-order valence-electron chi connectivity index (χ1n) is 6.05. The zero-order chi connectivity index (χ0) is 10.4. The van der Waals surface area contributed by atoms with Gasteiger partial charge in [-0.2, -0.15) is 0 Å². The molecule has 0 aromatic carbocycles. The lowest BCUT2D eigenvalue weighted by atomic mass is 10.0. The summed E-state index contributed by atoms with van der Waals surface area (Å²) in [4.78, 5) is 0. The zero-order valence-corrected chi connectivity index (χ0v) is 9.88. The van der Waals surface area contributed by atoms with Crippen molar-refractivity contribution in [2.24, 2.45) is 11.8 Å². The second-order valence-electron chi connectivity index (χ2n) is 4.73. The standard InChI is InChI=1S/C12H25NO/c1-4-12(10(2)3)13-7-8-14-9-11-5-6-11/h10-13H,4-9H2,1-3H3. The second-order valence-corrected chi connectivity index (χ2v) is 4.73. The summed E-state index contributed by atoms with van der Waals surface area (Å²) < 4.78 is 5.57. The first-order chi connectivity index (χ1) is 6.74. The van der Waals surface area contributed by atoms with Crippen LogP contribution in [-0.2, 0) is 4.74 Å². The molecule has 0 amide bonds. The maximum Gasteiger partial charge on any atom is 0.0591 e. The van der Waals surface area contributed by atoms with E-state index in [1.165, 1.54) is 19.3 Å². The van der Waals surface area contributed by atoms with Crippen LogP contribution in [0.2, 0.25) is 0 Å². The molecule has 0 radical (unpaired) electrons. The summed E-state index contributed by atoms with van der Waals surface area (Å²) >= 11 is 0. The molecule has 1 unspecified atom stereocenters. The summed E-state index contributed by atoms with van der Waals surface area (Å²) in [5.74, 6) is 1.62. The second kappa shape index (κ2) is 6.41. The van der Waals surface area contributed by atoms with E-state index in [2.05, 4.69) is 26.1 Å². The van der Waals surface area contributed by atoms with E-state index < -0.39 is 0 Å². The Morgan fingerprint density at radius 1 is 1.36 bits per heavy atom. The lowest BCUT2D eigenvalue weighted by Crippen LogP contribution is -2.35. The largest absolute Gasteiger partial charge is 0.380 e. The summed E-state index contributed by atoms with van der Waals surface area (Å²) in [6, 6.07) is 0.652. The molecule has 0 aromatic rings. The van der Waals surface area contributed by atoms with Gasteiger partial charge >= 0.3 is 0 Å². The average molecular weight is 199 g/mol. The molecule has 0 bridgehead atoms. The Morgan fingerprint density at radius 3 is 2.57 bits per heavy atom. The highest BCUT2D eigenvalue weighted by Gasteiger charge is 2.20. The zero-order valence-electron chi connectivity index (χ0n) is 9.88. The Morgan fingerprint density at radius 2 is 2.07 bits per heavy atom. The van der Waals surface area contributed by atoms with Crippen molar-refractivity contribution in [2.75, 3.05) is 19.8 Å². The Kier molecular flexibility index (Phi) is 5.49. The van der Waals surface area contributed by atoms with E-state index in [1.54, 1.807) is 0 Å². The van der Waals surface area contributed by atoms with E-state index in [-0.39, 0.29) is 0 Å². The van der Waals surface area contributed by atoms with Gasteiger partial charge in [0.25, 0.3) is 0 Å². The van der Waals surface area contributed by atoms with Gasteiger partial charge in [-0.05, 0) is 31.1 Å². The van der Waals surface area contributed by atoms with Crippen LogP contribution in [0.25, 0.3) is 0 Å². The van der Waals surface area contributed by atoms with Gasteiger partial charge in [-0.25, -0.2) is 0 Å². The van der Waals surface area contributed by atoms with Gasteiger partial charge in [-0.1, -0.05) is 20.8 Å². The Balaban J connectivity index is 1.89. The maximum absolute atomic E-state index is 5.57. The maximum atomic E-state index is 5.57. The molecule has 0 saturated heterocycles. The summed E-state index contributed by atoms with van der Waals surface area (Å²) in [7, 11) is 0. The monoisotopic (exact) mass is 199 g/mol. The van der Waals surface area contributed by atoms with Crippen LogP contribution in [0.1, 0.15) is 40.0 Å². The van der Waals surface area contributed by atoms with E-state index in [0.717, 1.165) is 31.6 Å². The third kappa shape index (κ3) is 4.97. The minimum atomic E-state index is 0.652. The highest BCUT2D eigenvalue weighted by atomic mass is 16.5. The molecule has 1 aliphatic carbocycles. The van der Waals surface area contributed by atoms with E-state index in [1.807, 2.05) is 0 Å². The van der Waals surface area contributed by atoms with Crippen LogP contribution in [0.4, 0.5) is 0 Å². The molecule has 1 N–H and O–H groups in total. The van der Waals surface area contributed by atoms with Gasteiger partial charge < -0.3 is 10.1 Å². The van der Waals surface area contributed by atoms with Crippen LogP contribution in [0.15, 0.2) is 0 Å². The molecule has 84 valence electrons. The molecule has 2 nitrogen and oxygen atoms in total. The highest BCUT2D eigenvalue weighted by Crippen LogP contribution is 2.28. The lowest BCUT2D eigenvalue weighted by Gasteiger charge is -2.20. The van der Waals surface area contributed by atoms with Gasteiger partial charge in [0.1, 0.15) is 0 Å². The van der Waals surface area contributed by atoms with Crippen molar-refractivity contribution in [1.29, 1.82) is 0 Å². The van der Waals surface area contributed by atoms with Crippen LogP contribution < -0.4 is 5.32 Å². The van der Waals surface area contributed by atoms with Gasteiger partial charge in [-0.15, -0.1) is 0 Å². The van der Waals surface area contributed by atoms with Crippen molar-refractivity contribution >= 4 is 0 Å².